The first-order valence-electron chi connectivity index (χ1n) is 4.26. The standard InChI is InChI=1S/C10H9FN2OS/c1-14-6-2-3-7(8(11)4-6)9-5-13-10(12)15-9/h2-5H,1H3,(H2,12,13). The third kappa shape index (κ3) is 1.92. The lowest BCUT2D eigenvalue weighted by Crippen LogP contribution is -1.86. The van der Waals surface area contributed by atoms with Gasteiger partial charge in [0.2, 0.25) is 0 Å². The van der Waals surface area contributed by atoms with Crippen molar-refractivity contribution < 1.29 is 9.13 Å². The van der Waals surface area contributed by atoms with E-state index in [0.29, 0.717) is 21.3 Å². The van der Waals surface area contributed by atoms with Gasteiger partial charge in [0.05, 0.1) is 12.0 Å². The molecule has 5 heteroatoms. The average Bonchev–Trinajstić information content (AvgIpc) is 2.64. The van der Waals surface area contributed by atoms with Crippen LogP contribution in [0.2, 0.25) is 0 Å². The van der Waals surface area contributed by atoms with Gasteiger partial charge in [0.15, 0.2) is 5.13 Å². The van der Waals surface area contributed by atoms with Gasteiger partial charge in [-0.1, -0.05) is 11.3 Å². The topological polar surface area (TPSA) is 48.1 Å². The van der Waals surface area contributed by atoms with Gasteiger partial charge in [-0.3, -0.25) is 0 Å². The maximum atomic E-state index is 13.6. The fourth-order valence-corrected chi connectivity index (χ4v) is 1.95. The molecule has 2 aromatic rings. The lowest BCUT2D eigenvalue weighted by atomic mass is 10.2. The minimum Gasteiger partial charge on any atom is -0.497 e. The Hall–Kier alpha value is -1.62. The molecule has 0 spiro atoms. The van der Waals surface area contributed by atoms with Gasteiger partial charge in [-0.15, -0.1) is 0 Å². The normalized spacial score (nSPS) is 10.3. The summed E-state index contributed by atoms with van der Waals surface area (Å²) in [4.78, 5) is 4.59. The average molecular weight is 224 g/mol. The van der Waals surface area contributed by atoms with Crippen LogP contribution >= 0.6 is 11.3 Å². The van der Waals surface area contributed by atoms with E-state index in [2.05, 4.69) is 4.98 Å². The van der Waals surface area contributed by atoms with Crippen molar-refractivity contribution in [2.45, 2.75) is 0 Å². The third-order valence-corrected chi connectivity index (χ3v) is 2.83. The maximum Gasteiger partial charge on any atom is 0.180 e. The van der Waals surface area contributed by atoms with Crippen molar-refractivity contribution in [1.82, 2.24) is 4.98 Å². The van der Waals surface area contributed by atoms with E-state index in [1.54, 1.807) is 18.3 Å². The SMILES string of the molecule is COc1ccc(-c2cnc(N)s2)c(F)c1. The van der Waals surface area contributed by atoms with Crippen LogP contribution < -0.4 is 10.5 Å². The molecule has 0 fully saturated rings. The summed E-state index contributed by atoms with van der Waals surface area (Å²) in [5.41, 5.74) is 5.97. The first kappa shape index (κ1) is 9.92. The highest BCUT2D eigenvalue weighted by molar-refractivity contribution is 7.18. The smallest absolute Gasteiger partial charge is 0.180 e. The summed E-state index contributed by atoms with van der Waals surface area (Å²) in [5.74, 6) is 0.159. The number of anilines is 1. The number of halogens is 1. The maximum absolute atomic E-state index is 13.6. The van der Waals surface area contributed by atoms with E-state index in [0.717, 1.165) is 0 Å². The van der Waals surface area contributed by atoms with Crippen LogP contribution in [0.15, 0.2) is 24.4 Å². The molecule has 0 aliphatic rings. The summed E-state index contributed by atoms with van der Waals surface area (Å²) in [7, 11) is 1.50. The number of rotatable bonds is 2. The second-order valence-electron chi connectivity index (χ2n) is 2.91. The number of nitrogens with zero attached hydrogens (tertiary/aromatic N) is 1. The zero-order valence-corrected chi connectivity index (χ0v) is 8.84. The van der Waals surface area contributed by atoms with Crippen LogP contribution in [0.4, 0.5) is 9.52 Å². The van der Waals surface area contributed by atoms with E-state index in [9.17, 15) is 4.39 Å². The second kappa shape index (κ2) is 3.86. The van der Waals surface area contributed by atoms with Crippen molar-refractivity contribution in [2.24, 2.45) is 0 Å². The van der Waals surface area contributed by atoms with Gasteiger partial charge >= 0.3 is 0 Å². The van der Waals surface area contributed by atoms with Crippen LogP contribution in [0.25, 0.3) is 10.4 Å². The van der Waals surface area contributed by atoms with E-state index in [1.165, 1.54) is 24.5 Å². The number of methoxy groups -OCH3 is 1. The Morgan fingerprint density at radius 2 is 2.27 bits per heavy atom. The Bertz CT molecular complexity index is 484. The fraction of sp³-hybridized carbons (Fsp3) is 0.100. The van der Waals surface area contributed by atoms with Crippen molar-refractivity contribution in [3.05, 3.63) is 30.2 Å². The molecule has 0 unspecified atom stereocenters. The molecule has 0 aliphatic carbocycles. The van der Waals surface area contributed by atoms with Gasteiger partial charge in [-0.2, -0.15) is 0 Å². The van der Waals surface area contributed by atoms with Crippen LogP contribution in [-0.4, -0.2) is 12.1 Å². The summed E-state index contributed by atoms with van der Waals surface area (Å²) in [5, 5.41) is 0.431. The molecule has 0 radical (unpaired) electrons. The molecule has 1 heterocycles. The van der Waals surface area contributed by atoms with E-state index in [1.807, 2.05) is 0 Å². The predicted octanol–water partition coefficient (Wildman–Crippen LogP) is 2.54. The molecular weight excluding hydrogens is 215 g/mol. The molecule has 0 saturated heterocycles. The minimum atomic E-state index is -0.335. The van der Waals surface area contributed by atoms with Crippen LogP contribution in [-0.2, 0) is 0 Å². The van der Waals surface area contributed by atoms with Gasteiger partial charge in [0.25, 0.3) is 0 Å². The molecule has 3 nitrogen and oxygen atoms in total. The first-order valence-corrected chi connectivity index (χ1v) is 5.07. The van der Waals surface area contributed by atoms with E-state index in [-0.39, 0.29) is 5.82 Å². The molecule has 78 valence electrons. The van der Waals surface area contributed by atoms with E-state index in [4.69, 9.17) is 10.5 Å². The number of hydrogen-bond donors (Lipinski definition) is 1. The lowest BCUT2D eigenvalue weighted by molar-refractivity contribution is 0.411. The predicted molar refractivity (Wildman–Crippen MR) is 58.5 cm³/mol. The Morgan fingerprint density at radius 1 is 1.47 bits per heavy atom. The zero-order chi connectivity index (χ0) is 10.8. The van der Waals surface area contributed by atoms with E-state index < -0.39 is 0 Å². The van der Waals surface area contributed by atoms with Crippen molar-refractivity contribution in [3.8, 4) is 16.2 Å². The first-order chi connectivity index (χ1) is 7.20. The summed E-state index contributed by atoms with van der Waals surface area (Å²) in [6.07, 6.45) is 1.56. The van der Waals surface area contributed by atoms with Crippen LogP contribution in [0.5, 0.6) is 5.75 Å². The number of thiazole rings is 1. The number of nitrogens with two attached hydrogens (primary N) is 1. The lowest BCUT2D eigenvalue weighted by Gasteiger charge is -2.02. The van der Waals surface area contributed by atoms with Crippen LogP contribution in [0, 0.1) is 5.82 Å². The molecule has 0 saturated carbocycles. The molecule has 1 aromatic carbocycles. The molecule has 0 amide bonds. The molecule has 2 rings (SSSR count). The zero-order valence-electron chi connectivity index (χ0n) is 8.03. The Morgan fingerprint density at radius 3 is 2.80 bits per heavy atom. The fourth-order valence-electron chi connectivity index (χ4n) is 1.23. The van der Waals surface area contributed by atoms with Crippen LogP contribution in [0.1, 0.15) is 0 Å². The second-order valence-corrected chi connectivity index (χ2v) is 3.97. The quantitative estimate of drug-likeness (QED) is 0.852. The van der Waals surface area contributed by atoms with Gasteiger partial charge in [-0.25, -0.2) is 9.37 Å². The largest absolute Gasteiger partial charge is 0.497 e. The van der Waals surface area contributed by atoms with Crippen LogP contribution in [0.3, 0.4) is 0 Å². The molecular formula is C10H9FN2OS. The molecule has 0 atom stereocenters. The van der Waals surface area contributed by atoms with Gasteiger partial charge < -0.3 is 10.5 Å². The third-order valence-electron chi connectivity index (χ3n) is 1.97. The summed E-state index contributed by atoms with van der Waals surface area (Å²) < 4.78 is 18.5. The number of aromatic nitrogens is 1. The monoisotopic (exact) mass is 224 g/mol. The Labute approximate surface area is 90.3 Å². The Balaban J connectivity index is 2.45. The Kier molecular flexibility index (Phi) is 2.55. The van der Waals surface area contributed by atoms with Crippen molar-refractivity contribution in [2.75, 3.05) is 12.8 Å². The van der Waals surface area contributed by atoms with Gasteiger partial charge in [-0.05, 0) is 12.1 Å². The summed E-state index contributed by atoms with van der Waals surface area (Å²) >= 11 is 1.25. The molecule has 2 N–H and O–H groups in total. The number of benzene rings is 1. The summed E-state index contributed by atoms with van der Waals surface area (Å²) in [6, 6.07) is 4.70. The molecule has 0 aliphatic heterocycles. The summed E-state index contributed by atoms with van der Waals surface area (Å²) in [6.45, 7) is 0. The number of hydrogen-bond acceptors (Lipinski definition) is 4. The highest BCUT2D eigenvalue weighted by Gasteiger charge is 2.08. The van der Waals surface area contributed by atoms with Crippen molar-refractivity contribution >= 4 is 16.5 Å². The molecule has 15 heavy (non-hydrogen) atoms. The number of ether oxygens (including phenoxy) is 1. The molecule has 1 aromatic heterocycles. The van der Waals surface area contributed by atoms with Crippen molar-refractivity contribution in [3.63, 3.8) is 0 Å². The minimum absolute atomic E-state index is 0.335. The van der Waals surface area contributed by atoms with Gasteiger partial charge in [0.1, 0.15) is 11.6 Å². The highest BCUT2D eigenvalue weighted by atomic mass is 32.1. The van der Waals surface area contributed by atoms with E-state index >= 15 is 0 Å². The molecule has 0 bridgehead atoms. The number of nitrogen functional groups attached to an aromatic ring is 1. The highest BCUT2D eigenvalue weighted by Crippen LogP contribution is 2.31. The van der Waals surface area contributed by atoms with Crippen molar-refractivity contribution in [1.29, 1.82) is 0 Å². The van der Waals surface area contributed by atoms with Gasteiger partial charge in [0, 0.05) is 17.8 Å².